The molecule has 0 fully saturated rings. The Bertz CT molecular complexity index is 2190. The molecule has 2 heterocycles. The molecule has 8 aromatic rings. The standard InChI is InChI=1S/C36H24BNO2/c37-24-17-19-30(28(21-24)23-9-2-1-3-10-23)38(25-18-20-34-29(22-25)26-11-4-6-14-32(26)39-34)31-13-8-16-35-36(31)27-12-5-7-15-33(27)40-35/h1-22H,37H2. The SMILES string of the molecule is Bc1ccc(N(c2ccc3oc4ccccc4c3c2)c2cccc3oc4ccccc4c23)c(-c2ccccc2)c1. The summed E-state index contributed by atoms with van der Waals surface area (Å²) in [6, 6.07) is 46.6. The maximum atomic E-state index is 6.32. The van der Waals surface area contributed by atoms with Crippen molar-refractivity contribution in [3.05, 3.63) is 133 Å². The second-order valence-electron chi connectivity index (χ2n) is 10.2. The molecule has 0 aliphatic heterocycles. The molecule has 0 N–H and O–H groups in total. The summed E-state index contributed by atoms with van der Waals surface area (Å²) in [5.41, 5.74) is 10.3. The number of anilines is 3. The van der Waals surface area contributed by atoms with Gasteiger partial charge in [0.2, 0.25) is 0 Å². The van der Waals surface area contributed by atoms with Crippen LogP contribution < -0.4 is 10.4 Å². The maximum Gasteiger partial charge on any atom is 0.139 e. The zero-order valence-corrected chi connectivity index (χ0v) is 22.0. The van der Waals surface area contributed by atoms with Gasteiger partial charge in [-0.1, -0.05) is 90.4 Å². The van der Waals surface area contributed by atoms with Crippen LogP contribution >= 0.6 is 0 Å². The van der Waals surface area contributed by atoms with Gasteiger partial charge in [-0.15, -0.1) is 0 Å². The molecule has 3 nitrogen and oxygen atoms in total. The van der Waals surface area contributed by atoms with E-state index in [4.69, 9.17) is 8.83 Å². The minimum absolute atomic E-state index is 0.868. The highest BCUT2D eigenvalue weighted by Gasteiger charge is 2.22. The highest BCUT2D eigenvalue weighted by Crippen LogP contribution is 2.46. The zero-order chi connectivity index (χ0) is 26.6. The Labute approximate surface area is 232 Å². The summed E-state index contributed by atoms with van der Waals surface area (Å²) < 4.78 is 12.5. The van der Waals surface area contributed by atoms with Gasteiger partial charge in [0.05, 0.1) is 16.8 Å². The topological polar surface area (TPSA) is 29.5 Å². The Hall–Kier alpha value is -5.22. The van der Waals surface area contributed by atoms with Gasteiger partial charge in [0.1, 0.15) is 30.2 Å². The Morgan fingerprint density at radius 2 is 1.15 bits per heavy atom. The molecule has 0 aliphatic carbocycles. The van der Waals surface area contributed by atoms with Crippen molar-refractivity contribution < 1.29 is 8.83 Å². The van der Waals surface area contributed by atoms with Crippen LogP contribution in [-0.2, 0) is 0 Å². The van der Waals surface area contributed by atoms with E-state index in [-0.39, 0.29) is 0 Å². The van der Waals surface area contributed by atoms with Gasteiger partial charge in [0.25, 0.3) is 0 Å². The number of benzene rings is 6. The van der Waals surface area contributed by atoms with E-state index in [1.54, 1.807) is 0 Å². The van der Waals surface area contributed by atoms with Gasteiger partial charge >= 0.3 is 0 Å². The van der Waals surface area contributed by atoms with E-state index >= 15 is 0 Å². The van der Waals surface area contributed by atoms with E-state index < -0.39 is 0 Å². The van der Waals surface area contributed by atoms with Crippen LogP contribution in [0.2, 0.25) is 0 Å². The molecule has 4 heteroatoms. The summed E-state index contributed by atoms with van der Waals surface area (Å²) in [7, 11) is 2.15. The lowest BCUT2D eigenvalue weighted by molar-refractivity contribution is 0.668. The fraction of sp³-hybridized carbons (Fsp3) is 0. The summed E-state index contributed by atoms with van der Waals surface area (Å²) in [6.07, 6.45) is 0. The first-order chi connectivity index (χ1) is 19.7. The first kappa shape index (κ1) is 22.7. The largest absolute Gasteiger partial charge is 0.456 e. The molecule has 0 bridgehead atoms. The fourth-order valence-corrected chi connectivity index (χ4v) is 5.90. The Morgan fingerprint density at radius 1 is 0.475 bits per heavy atom. The summed E-state index contributed by atoms with van der Waals surface area (Å²) in [6.45, 7) is 0. The lowest BCUT2D eigenvalue weighted by Gasteiger charge is -2.29. The first-order valence-electron chi connectivity index (χ1n) is 13.5. The summed E-state index contributed by atoms with van der Waals surface area (Å²) in [5.74, 6) is 0. The van der Waals surface area contributed by atoms with Gasteiger partial charge in [-0.3, -0.25) is 0 Å². The molecule has 0 unspecified atom stereocenters. The van der Waals surface area contributed by atoms with E-state index in [2.05, 4.69) is 122 Å². The third-order valence-corrected chi connectivity index (χ3v) is 7.72. The van der Waals surface area contributed by atoms with Crippen molar-refractivity contribution in [1.29, 1.82) is 0 Å². The van der Waals surface area contributed by atoms with Gasteiger partial charge < -0.3 is 13.7 Å². The molecule has 6 aromatic carbocycles. The minimum Gasteiger partial charge on any atom is -0.456 e. The molecule has 8 rings (SSSR count). The predicted molar refractivity (Wildman–Crippen MR) is 169 cm³/mol. The third kappa shape index (κ3) is 3.54. The minimum atomic E-state index is 0.868. The van der Waals surface area contributed by atoms with E-state index in [0.717, 1.165) is 60.9 Å². The van der Waals surface area contributed by atoms with Crippen molar-refractivity contribution in [2.75, 3.05) is 4.90 Å². The van der Waals surface area contributed by atoms with Crippen molar-refractivity contribution >= 4 is 74.2 Å². The van der Waals surface area contributed by atoms with Crippen LogP contribution in [0.4, 0.5) is 17.1 Å². The first-order valence-corrected chi connectivity index (χ1v) is 13.5. The van der Waals surface area contributed by atoms with Crippen molar-refractivity contribution in [2.45, 2.75) is 0 Å². The van der Waals surface area contributed by atoms with Crippen molar-refractivity contribution in [2.24, 2.45) is 0 Å². The molecule has 188 valence electrons. The van der Waals surface area contributed by atoms with Gasteiger partial charge in [0.15, 0.2) is 0 Å². The van der Waals surface area contributed by atoms with Crippen LogP contribution in [0.25, 0.3) is 55.0 Å². The lowest BCUT2D eigenvalue weighted by atomic mass is 9.90. The van der Waals surface area contributed by atoms with Crippen LogP contribution in [0.3, 0.4) is 0 Å². The average Bonchev–Trinajstić information content (AvgIpc) is 3.57. The molecular weight excluding hydrogens is 489 g/mol. The summed E-state index contributed by atoms with van der Waals surface area (Å²) in [5, 5.41) is 4.39. The van der Waals surface area contributed by atoms with Gasteiger partial charge in [-0.2, -0.15) is 0 Å². The number of fused-ring (bicyclic) bond motifs is 6. The summed E-state index contributed by atoms with van der Waals surface area (Å²) >= 11 is 0. The number of para-hydroxylation sites is 2. The van der Waals surface area contributed by atoms with Crippen LogP contribution in [0.1, 0.15) is 0 Å². The molecule has 0 saturated heterocycles. The van der Waals surface area contributed by atoms with E-state index in [1.165, 1.54) is 16.6 Å². The van der Waals surface area contributed by atoms with E-state index in [0.29, 0.717) is 0 Å². The van der Waals surface area contributed by atoms with Crippen LogP contribution in [0.15, 0.2) is 142 Å². The maximum absolute atomic E-state index is 6.32. The van der Waals surface area contributed by atoms with E-state index in [1.807, 2.05) is 24.3 Å². The number of nitrogens with zero attached hydrogens (tertiary/aromatic N) is 1. The van der Waals surface area contributed by atoms with Crippen molar-refractivity contribution in [3.63, 3.8) is 0 Å². The van der Waals surface area contributed by atoms with Gasteiger partial charge in [-0.05, 0) is 54.1 Å². The smallest absolute Gasteiger partial charge is 0.139 e. The molecule has 0 spiro atoms. The van der Waals surface area contributed by atoms with Crippen LogP contribution in [-0.4, -0.2) is 7.85 Å². The van der Waals surface area contributed by atoms with Gasteiger partial charge in [-0.25, -0.2) is 0 Å². The molecule has 0 aliphatic rings. The number of furan rings is 2. The van der Waals surface area contributed by atoms with Crippen LogP contribution in [0, 0.1) is 0 Å². The second-order valence-corrected chi connectivity index (χ2v) is 10.2. The Morgan fingerprint density at radius 3 is 2.00 bits per heavy atom. The summed E-state index contributed by atoms with van der Waals surface area (Å²) in [4.78, 5) is 2.37. The second kappa shape index (κ2) is 8.93. The Balaban J connectivity index is 1.47. The molecule has 0 radical (unpaired) electrons. The van der Waals surface area contributed by atoms with Gasteiger partial charge in [0, 0.05) is 27.4 Å². The average molecular weight is 513 g/mol. The quantitative estimate of drug-likeness (QED) is 0.220. The van der Waals surface area contributed by atoms with Crippen molar-refractivity contribution in [1.82, 2.24) is 0 Å². The fourth-order valence-electron chi connectivity index (χ4n) is 5.90. The zero-order valence-electron chi connectivity index (χ0n) is 22.0. The highest BCUT2D eigenvalue weighted by molar-refractivity contribution is 6.33. The number of hydrogen-bond donors (Lipinski definition) is 0. The van der Waals surface area contributed by atoms with E-state index in [9.17, 15) is 0 Å². The van der Waals surface area contributed by atoms with Crippen molar-refractivity contribution in [3.8, 4) is 11.1 Å². The molecule has 0 amide bonds. The monoisotopic (exact) mass is 513 g/mol. The molecular formula is C36H24BNO2. The highest BCUT2D eigenvalue weighted by atomic mass is 16.3. The normalized spacial score (nSPS) is 11.6. The number of hydrogen-bond acceptors (Lipinski definition) is 3. The molecule has 40 heavy (non-hydrogen) atoms. The third-order valence-electron chi connectivity index (χ3n) is 7.72. The lowest BCUT2D eigenvalue weighted by Crippen LogP contribution is -2.14. The molecule has 0 saturated carbocycles. The predicted octanol–water partition coefficient (Wildman–Crippen LogP) is 8.88. The van der Waals surface area contributed by atoms with Crippen LogP contribution in [0.5, 0.6) is 0 Å². The Kier molecular flexibility index (Phi) is 5.07. The molecule has 0 atom stereocenters. The molecule has 2 aromatic heterocycles. The number of rotatable bonds is 4.